The molecule has 2 aliphatic carbocycles. The summed E-state index contributed by atoms with van der Waals surface area (Å²) in [6, 6.07) is 3.87. The van der Waals surface area contributed by atoms with Gasteiger partial charge in [0.1, 0.15) is 0 Å². The molecule has 110 valence electrons. The van der Waals surface area contributed by atoms with E-state index in [-0.39, 0.29) is 11.9 Å². The van der Waals surface area contributed by atoms with Gasteiger partial charge in [-0.2, -0.15) is 5.10 Å². The number of hydrogen-bond acceptors (Lipinski definition) is 3. The van der Waals surface area contributed by atoms with Gasteiger partial charge in [-0.05, 0) is 42.4 Å². The van der Waals surface area contributed by atoms with Gasteiger partial charge in [-0.1, -0.05) is 11.6 Å². The molecule has 0 radical (unpaired) electrons. The van der Waals surface area contributed by atoms with Gasteiger partial charge >= 0.3 is 0 Å². The Morgan fingerprint density at radius 1 is 1.48 bits per heavy atom. The second-order valence-corrected chi connectivity index (χ2v) is 6.71. The van der Waals surface area contributed by atoms with E-state index < -0.39 is 5.60 Å². The molecule has 2 aromatic rings. The molecule has 1 amide bonds. The molecule has 1 aromatic carbocycles. The molecule has 0 saturated heterocycles. The minimum atomic E-state index is -0.878. The smallest absolute Gasteiger partial charge is 0.217 e. The first-order chi connectivity index (χ1) is 9.98. The van der Waals surface area contributed by atoms with Crippen LogP contribution in [0.2, 0.25) is 5.02 Å². The van der Waals surface area contributed by atoms with Crippen LogP contribution in [-0.2, 0) is 10.4 Å². The predicted octanol–water partition coefficient (Wildman–Crippen LogP) is 1.95. The van der Waals surface area contributed by atoms with Crippen LogP contribution in [0.25, 0.3) is 10.9 Å². The number of carbonyl (C=O) groups is 1. The van der Waals surface area contributed by atoms with E-state index in [4.69, 9.17) is 11.6 Å². The molecule has 2 fully saturated rings. The number of aliphatic hydroxyl groups is 1. The van der Waals surface area contributed by atoms with Crippen LogP contribution in [-0.4, -0.2) is 27.3 Å². The highest BCUT2D eigenvalue weighted by Gasteiger charge is 2.62. The number of halogens is 1. The maximum absolute atomic E-state index is 11.1. The number of benzene rings is 1. The molecule has 2 saturated carbocycles. The second-order valence-electron chi connectivity index (χ2n) is 6.28. The van der Waals surface area contributed by atoms with Crippen LogP contribution in [0.1, 0.15) is 25.3 Å². The molecule has 1 aromatic heterocycles. The highest BCUT2D eigenvalue weighted by atomic mass is 35.5. The van der Waals surface area contributed by atoms with Crippen molar-refractivity contribution in [2.24, 2.45) is 11.8 Å². The molecule has 1 heterocycles. The van der Waals surface area contributed by atoms with Crippen molar-refractivity contribution in [2.75, 3.05) is 0 Å². The topological polar surface area (TPSA) is 78.0 Å². The lowest BCUT2D eigenvalue weighted by atomic mass is 9.86. The number of aromatic nitrogens is 2. The van der Waals surface area contributed by atoms with E-state index in [1.54, 1.807) is 6.20 Å². The van der Waals surface area contributed by atoms with Crippen molar-refractivity contribution < 1.29 is 9.90 Å². The molecule has 5 nitrogen and oxygen atoms in total. The average Bonchev–Trinajstić information content (AvgIpc) is 2.83. The zero-order valence-corrected chi connectivity index (χ0v) is 12.3. The van der Waals surface area contributed by atoms with Gasteiger partial charge in [0.05, 0.1) is 17.3 Å². The van der Waals surface area contributed by atoms with Crippen molar-refractivity contribution in [1.29, 1.82) is 0 Å². The van der Waals surface area contributed by atoms with E-state index in [9.17, 15) is 9.90 Å². The Balaban J connectivity index is 1.65. The van der Waals surface area contributed by atoms with Crippen LogP contribution < -0.4 is 5.32 Å². The van der Waals surface area contributed by atoms with E-state index in [2.05, 4.69) is 15.5 Å². The normalized spacial score (nSPS) is 34.0. The summed E-state index contributed by atoms with van der Waals surface area (Å²) in [4.78, 5) is 11.1. The Hall–Kier alpha value is -1.59. The third-order valence-electron chi connectivity index (χ3n) is 4.87. The minimum absolute atomic E-state index is 0.00193. The summed E-state index contributed by atoms with van der Waals surface area (Å²) in [5.41, 5.74) is 0.801. The number of nitrogens with one attached hydrogen (secondary N) is 2. The number of aromatic amines is 1. The summed E-state index contributed by atoms with van der Waals surface area (Å²) in [6.07, 6.45) is 3.04. The molecular weight excluding hydrogens is 290 g/mol. The Morgan fingerprint density at radius 2 is 2.19 bits per heavy atom. The quantitative estimate of drug-likeness (QED) is 0.793. The summed E-state index contributed by atoms with van der Waals surface area (Å²) in [5.74, 6) is 0.720. The second kappa shape index (κ2) is 4.21. The first kappa shape index (κ1) is 13.1. The SMILES string of the molecule is CC(=O)N[C@@H]1[C@@H]2C[C@@](O)(c3cc(Cl)cc4[nH]ncc34)C[C@@H]21. The van der Waals surface area contributed by atoms with Crippen LogP contribution in [0.4, 0.5) is 0 Å². The average molecular weight is 306 g/mol. The largest absolute Gasteiger partial charge is 0.385 e. The third-order valence-corrected chi connectivity index (χ3v) is 5.09. The molecule has 21 heavy (non-hydrogen) atoms. The van der Waals surface area contributed by atoms with Crippen molar-refractivity contribution in [3.05, 3.63) is 28.9 Å². The van der Waals surface area contributed by atoms with Gasteiger partial charge in [-0.15, -0.1) is 0 Å². The molecule has 6 heteroatoms. The van der Waals surface area contributed by atoms with Gasteiger partial charge in [-0.25, -0.2) is 0 Å². The number of H-pyrrole nitrogens is 1. The molecule has 4 atom stereocenters. The lowest BCUT2D eigenvalue weighted by Gasteiger charge is -2.27. The van der Waals surface area contributed by atoms with Gasteiger partial charge in [0, 0.05) is 23.4 Å². The number of rotatable bonds is 2. The standard InChI is InChI=1S/C15H16ClN3O2/c1-7(20)18-14-9-4-15(21,5-10(9)14)12-2-8(16)3-13-11(12)6-17-19-13/h2-3,6,9-10,14,21H,4-5H2,1H3,(H,17,19)(H,18,20)/t9-,10+,14-,15+. The number of nitrogens with zero attached hydrogens (tertiary/aromatic N) is 1. The van der Waals surface area contributed by atoms with E-state index in [0.717, 1.165) is 16.5 Å². The Kier molecular flexibility index (Phi) is 2.63. The molecule has 0 unspecified atom stereocenters. The Bertz CT molecular complexity index is 730. The van der Waals surface area contributed by atoms with E-state index >= 15 is 0 Å². The third kappa shape index (κ3) is 1.95. The predicted molar refractivity (Wildman–Crippen MR) is 78.8 cm³/mol. The minimum Gasteiger partial charge on any atom is -0.385 e. The maximum atomic E-state index is 11.1. The van der Waals surface area contributed by atoms with Crippen molar-refractivity contribution in [2.45, 2.75) is 31.4 Å². The van der Waals surface area contributed by atoms with Crippen LogP contribution in [0.5, 0.6) is 0 Å². The van der Waals surface area contributed by atoms with Crippen LogP contribution in [0.3, 0.4) is 0 Å². The van der Waals surface area contributed by atoms with Crippen molar-refractivity contribution in [1.82, 2.24) is 15.5 Å². The Morgan fingerprint density at radius 3 is 2.86 bits per heavy atom. The molecule has 0 aliphatic heterocycles. The fourth-order valence-corrected chi connectivity index (χ4v) is 4.15. The lowest BCUT2D eigenvalue weighted by Crippen LogP contribution is -2.32. The van der Waals surface area contributed by atoms with Crippen molar-refractivity contribution in [3.8, 4) is 0 Å². The monoisotopic (exact) mass is 305 g/mol. The highest BCUT2D eigenvalue weighted by Crippen LogP contribution is 2.60. The van der Waals surface area contributed by atoms with Crippen molar-refractivity contribution in [3.63, 3.8) is 0 Å². The van der Waals surface area contributed by atoms with Gasteiger partial charge in [-0.3, -0.25) is 9.89 Å². The lowest BCUT2D eigenvalue weighted by molar-refractivity contribution is -0.119. The Labute approximate surface area is 126 Å². The molecule has 0 spiro atoms. The molecule has 0 bridgehead atoms. The summed E-state index contributed by atoms with van der Waals surface area (Å²) < 4.78 is 0. The number of hydrogen-bond donors (Lipinski definition) is 3. The first-order valence-electron chi connectivity index (χ1n) is 7.10. The van der Waals surface area contributed by atoms with E-state index in [1.807, 2.05) is 12.1 Å². The van der Waals surface area contributed by atoms with Gasteiger partial charge in [0.15, 0.2) is 0 Å². The van der Waals surface area contributed by atoms with Crippen LogP contribution in [0.15, 0.2) is 18.3 Å². The van der Waals surface area contributed by atoms with Crippen LogP contribution in [0, 0.1) is 11.8 Å². The summed E-state index contributed by atoms with van der Waals surface area (Å²) >= 11 is 6.15. The van der Waals surface area contributed by atoms with Gasteiger partial charge in [0.25, 0.3) is 0 Å². The molecular formula is C15H16ClN3O2. The fourth-order valence-electron chi connectivity index (χ4n) is 3.93. The summed E-state index contributed by atoms with van der Waals surface area (Å²) in [5, 5.41) is 22.4. The van der Waals surface area contributed by atoms with Gasteiger partial charge < -0.3 is 10.4 Å². The van der Waals surface area contributed by atoms with Crippen LogP contribution >= 0.6 is 11.6 Å². The number of carbonyl (C=O) groups excluding carboxylic acids is 1. The van der Waals surface area contributed by atoms with Gasteiger partial charge in [0.2, 0.25) is 5.91 Å². The molecule has 4 rings (SSSR count). The first-order valence-corrected chi connectivity index (χ1v) is 7.48. The molecule has 2 aliphatic rings. The number of amides is 1. The maximum Gasteiger partial charge on any atom is 0.217 e. The number of fused-ring (bicyclic) bond motifs is 2. The van der Waals surface area contributed by atoms with Crippen molar-refractivity contribution >= 4 is 28.4 Å². The highest BCUT2D eigenvalue weighted by molar-refractivity contribution is 6.31. The fraction of sp³-hybridized carbons (Fsp3) is 0.467. The zero-order chi connectivity index (χ0) is 14.8. The van der Waals surface area contributed by atoms with E-state index in [1.165, 1.54) is 6.92 Å². The zero-order valence-electron chi connectivity index (χ0n) is 11.6. The summed E-state index contributed by atoms with van der Waals surface area (Å²) in [7, 11) is 0. The summed E-state index contributed by atoms with van der Waals surface area (Å²) in [6.45, 7) is 1.53. The van der Waals surface area contributed by atoms with E-state index in [0.29, 0.717) is 29.7 Å². The molecule has 3 N–H and O–H groups in total.